The van der Waals surface area contributed by atoms with Gasteiger partial charge in [-0.2, -0.15) is 0 Å². The van der Waals surface area contributed by atoms with E-state index in [9.17, 15) is 9.59 Å². The fraction of sp³-hybridized carbons (Fsp3) is 0.261. The number of carbonyl (C=O) groups is 2. The van der Waals surface area contributed by atoms with Crippen molar-refractivity contribution in [3.63, 3.8) is 0 Å². The summed E-state index contributed by atoms with van der Waals surface area (Å²) in [4.78, 5) is 24.2. The van der Waals surface area contributed by atoms with E-state index in [0.717, 1.165) is 22.4 Å². The van der Waals surface area contributed by atoms with Crippen molar-refractivity contribution in [2.75, 3.05) is 6.61 Å². The Bertz CT molecular complexity index is 958. The monoisotopic (exact) mass is 441 g/mol. The summed E-state index contributed by atoms with van der Waals surface area (Å²) in [5.74, 6) is 0.502. The van der Waals surface area contributed by atoms with Crippen molar-refractivity contribution in [3.8, 4) is 11.5 Å². The van der Waals surface area contributed by atoms with Gasteiger partial charge in [-0.05, 0) is 86.9 Å². The minimum absolute atomic E-state index is 0.0342. The molecule has 1 unspecified atom stereocenters. The van der Waals surface area contributed by atoms with Crippen molar-refractivity contribution in [2.24, 2.45) is 0 Å². The van der Waals surface area contributed by atoms with Crippen molar-refractivity contribution < 1.29 is 19.1 Å². The number of hydrazine groups is 1. The lowest BCUT2D eigenvalue weighted by atomic mass is 10.1. The Balaban J connectivity index is 1.76. The smallest absolute Gasteiger partial charge is 0.279 e. The SMILES string of the molecule is CCOc1ccc(/C=C/C(=O)NC(=S)NNC(=O)C(C)Oc2ccc(C)c(C)c2)cc1. The van der Waals surface area contributed by atoms with Gasteiger partial charge in [-0.15, -0.1) is 0 Å². The fourth-order valence-electron chi connectivity index (χ4n) is 2.46. The first-order valence-electron chi connectivity index (χ1n) is 9.84. The molecule has 0 aliphatic heterocycles. The van der Waals surface area contributed by atoms with Gasteiger partial charge in [0.15, 0.2) is 11.2 Å². The molecule has 0 heterocycles. The third-order valence-corrected chi connectivity index (χ3v) is 4.52. The molecule has 0 aliphatic rings. The van der Waals surface area contributed by atoms with E-state index in [1.165, 1.54) is 6.08 Å². The first-order valence-corrected chi connectivity index (χ1v) is 10.2. The normalized spacial score (nSPS) is 11.5. The van der Waals surface area contributed by atoms with Gasteiger partial charge in [-0.3, -0.25) is 25.8 Å². The molecule has 2 aromatic rings. The Hall–Kier alpha value is -3.39. The molecule has 0 spiro atoms. The molecule has 31 heavy (non-hydrogen) atoms. The second-order valence-corrected chi connectivity index (χ2v) is 7.18. The van der Waals surface area contributed by atoms with Crippen LogP contribution in [-0.2, 0) is 9.59 Å². The first-order chi connectivity index (χ1) is 14.8. The summed E-state index contributed by atoms with van der Waals surface area (Å²) in [6.07, 6.45) is 2.23. The summed E-state index contributed by atoms with van der Waals surface area (Å²) in [7, 11) is 0. The van der Waals surface area contributed by atoms with Crippen LogP contribution in [0.4, 0.5) is 0 Å². The van der Waals surface area contributed by atoms with E-state index in [1.54, 1.807) is 19.1 Å². The number of hydrogen-bond donors (Lipinski definition) is 3. The average Bonchev–Trinajstić information content (AvgIpc) is 2.74. The number of thiocarbonyl (C=S) groups is 1. The van der Waals surface area contributed by atoms with Gasteiger partial charge in [0.05, 0.1) is 6.61 Å². The van der Waals surface area contributed by atoms with Crippen LogP contribution >= 0.6 is 12.2 Å². The van der Waals surface area contributed by atoms with E-state index in [0.29, 0.717) is 12.4 Å². The van der Waals surface area contributed by atoms with E-state index >= 15 is 0 Å². The van der Waals surface area contributed by atoms with Crippen LogP contribution in [0.15, 0.2) is 48.5 Å². The van der Waals surface area contributed by atoms with E-state index in [2.05, 4.69) is 16.2 Å². The maximum atomic E-state index is 12.2. The van der Waals surface area contributed by atoms with Gasteiger partial charge in [0.25, 0.3) is 5.91 Å². The molecule has 2 rings (SSSR count). The van der Waals surface area contributed by atoms with Crippen molar-refractivity contribution in [2.45, 2.75) is 33.8 Å². The minimum Gasteiger partial charge on any atom is -0.494 e. The van der Waals surface area contributed by atoms with Gasteiger partial charge < -0.3 is 9.47 Å². The minimum atomic E-state index is -0.757. The molecule has 3 N–H and O–H groups in total. The molecule has 0 fully saturated rings. The largest absolute Gasteiger partial charge is 0.494 e. The zero-order chi connectivity index (χ0) is 22.8. The van der Waals surface area contributed by atoms with Crippen molar-refractivity contribution >= 4 is 35.2 Å². The molecule has 0 saturated heterocycles. The lowest BCUT2D eigenvalue weighted by Crippen LogP contribution is -2.51. The number of benzene rings is 2. The first kappa shape index (κ1) is 23.9. The molecule has 8 heteroatoms. The highest BCUT2D eigenvalue weighted by Gasteiger charge is 2.15. The molecule has 2 aromatic carbocycles. The average molecular weight is 442 g/mol. The third kappa shape index (κ3) is 8.10. The molecule has 0 saturated carbocycles. The van der Waals surface area contributed by atoms with E-state index < -0.39 is 17.9 Å². The molecular weight excluding hydrogens is 414 g/mol. The van der Waals surface area contributed by atoms with Crippen LogP contribution in [0.2, 0.25) is 0 Å². The summed E-state index contributed by atoms with van der Waals surface area (Å²) in [5.41, 5.74) is 7.96. The Morgan fingerprint density at radius 2 is 1.71 bits per heavy atom. The Labute approximate surface area is 187 Å². The quantitative estimate of drug-likeness (QED) is 0.347. The van der Waals surface area contributed by atoms with Crippen LogP contribution in [0.5, 0.6) is 11.5 Å². The number of hydrogen-bond acceptors (Lipinski definition) is 5. The van der Waals surface area contributed by atoms with Gasteiger partial charge in [0, 0.05) is 6.08 Å². The summed E-state index contributed by atoms with van der Waals surface area (Å²) in [6, 6.07) is 12.9. The maximum Gasteiger partial charge on any atom is 0.279 e. The van der Waals surface area contributed by atoms with Crippen molar-refractivity contribution in [1.29, 1.82) is 0 Å². The topological polar surface area (TPSA) is 88.7 Å². The molecule has 0 aliphatic carbocycles. The van der Waals surface area contributed by atoms with Crippen LogP contribution in [0, 0.1) is 13.8 Å². The van der Waals surface area contributed by atoms with Gasteiger partial charge in [-0.25, -0.2) is 0 Å². The Kier molecular flexibility index (Phi) is 9.02. The lowest BCUT2D eigenvalue weighted by Gasteiger charge is -2.16. The van der Waals surface area contributed by atoms with E-state index in [4.69, 9.17) is 21.7 Å². The number of aryl methyl sites for hydroxylation is 2. The highest BCUT2D eigenvalue weighted by Crippen LogP contribution is 2.17. The second-order valence-electron chi connectivity index (χ2n) is 6.77. The molecule has 2 amide bonds. The third-order valence-electron chi connectivity index (χ3n) is 4.31. The van der Waals surface area contributed by atoms with Crippen LogP contribution < -0.4 is 25.6 Å². The number of rotatable bonds is 7. The van der Waals surface area contributed by atoms with Crippen LogP contribution in [0.25, 0.3) is 6.08 Å². The summed E-state index contributed by atoms with van der Waals surface area (Å²) in [5, 5.41) is 2.42. The number of carbonyl (C=O) groups excluding carboxylic acids is 2. The van der Waals surface area contributed by atoms with Gasteiger partial charge in [0.1, 0.15) is 11.5 Å². The molecule has 7 nitrogen and oxygen atoms in total. The van der Waals surface area contributed by atoms with Gasteiger partial charge >= 0.3 is 0 Å². The molecular formula is C23H27N3O4S. The van der Waals surface area contributed by atoms with E-state index in [-0.39, 0.29) is 5.11 Å². The Morgan fingerprint density at radius 3 is 2.35 bits per heavy atom. The van der Waals surface area contributed by atoms with Crippen LogP contribution in [0.3, 0.4) is 0 Å². The van der Waals surface area contributed by atoms with Crippen LogP contribution in [0.1, 0.15) is 30.5 Å². The van der Waals surface area contributed by atoms with Gasteiger partial charge in [-0.1, -0.05) is 18.2 Å². The number of amides is 2. The molecule has 0 bridgehead atoms. The van der Waals surface area contributed by atoms with Crippen molar-refractivity contribution in [3.05, 3.63) is 65.2 Å². The van der Waals surface area contributed by atoms with E-state index in [1.807, 2.05) is 57.2 Å². The highest BCUT2D eigenvalue weighted by atomic mass is 32.1. The lowest BCUT2D eigenvalue weighted by molar-refractivity contribution is -0.128. The number of nitrogens with one attached hydrogen (secondary N) is 3. The zero-order valence-corrected chi connectivity index (χ0v) is 18.8. The molecule has 0 aromatic heterocycles. The highest BCUT2D eigenvalue weighted by molar-refractivity contribution is 7.80. The van der Waals surface area contributed by atoms with Crippen molar-refractivity contribution in [1.82, 2.24) is 16.2 Å². The summed E-state index contributed by atoms with van der Waals surface area (Å²) < 4.78 is 11.0. The second kappa shape index (κ2) is 11.7. The fourth-order valence-corrected chi connectivity index (χ4v) is 2.62. The standard InChI is InChI=1S/C23H27N3O4S/c1-5-29-19-11-7-18(8-12-19)9-13-21(27)24-23(31)26-25-22(28)17(4)30-20-10-6-15(2)16(3)14-20/h6-14,17H,5H2,1-4H3,(H,25,28)(H2,24,26,27,31)/b13-9+. The van der Waals surface area contributed by atoms with Gasteiger partial charge in [0.2, 0.25) is 5.91 Å². The molecule has 1 atom stereocenters. The maximum absolute atomic E-state index is 12.2. The Morgan fingerprint density at radius 1 is 1.03 bits per heavy atom. The predicted octanol–water partition coefficient (Wildman–Crippen LogP) is 3.20. The predicted molar refractivity (Wildman–Crippen MR) is 125 cm³/mol. The zero-order valence-electron chi connectivity index (χ0n) is 18.0. The molecule has 164 valence electrons. The summed E-state index contributed by atoms with van der Waals surface area (Å²) >= 11 is 5.02. The van der Waals surface area contributed by atoms with Crippen LogP contribution in [-0.4, -0.2) is 29.6 Å². The summed E-state index contributed by atoms with van der Waals surface area (Å²) in [6.45, 7) is 8.10. The number of ether oxygens (including phenoxy) is 2. The molecule has 0 radical (unpaired) electrons.